The number of hydrogen-bond acceptors (Lipinski definition) is 3. The van der Waals surface area contributed by atoms with Crippen LogP contribution in [0.5, 0.6) is 0 Å². The lowest BCUT2D eigenvalue weighted by Crippen LogP contribution is -2.31. The number of carboxylic acids is 1. The Kier molecular flexibility index (Phi) is 4.12. The van der Waals surface area contributed by atoms with Crippen molar-refractivity contribution in [2.45, 2.75) is 32.2 Å². The molecule has 0 bridgehead atoms. The van der Waals surface area contributed by atoms with Crippen molar-refractivity contribution in [1.82, 2.24) is 4.98 Å². The van der Waals surface area contributed by atoms with Crippen molar-refractivity contribution >= 4 is 23.3 Å². The fourth-order valence-corrected chi connectivity index (χ4v) is 1.49. The molecule has 1 aromatic heterocycles. The molecule has 0 amide bonds. The maximum Gasteiger partial charge on any atom is 0.303 e. The molecule has 0 radical (unpaired) electrons. The van der Waals surface area contributed by atoms with Crippen LogP contribution in [0.3, 0.4) is 0 Å². The normalized spacial score (nSPS) is 11.2. The second-order valence-corrected chi connectivity index (χ2v) is 4.67. The number of halogens is 1. The van der Waals surface area contributed by atoms with E-state index in [4.69, 9.17) is 16.7 Å². The molecule has 5 heteroatoms. The molecule has 2 N–H and O–H groups in total. The summed E-state index contributed by atoms with van der Waals surface area (Å²) in [6.07, 6.45) is 3.85. The van der Waals surface area contributed by atoms with Crippen LogP contribution in [-0.2, 0) is 4.79 Å². The van der Waals surface area contributed by atoms with E-state index in [1.165, 1.54) is 0 Å². The highest BCUT2D eigenvalue weighted by atomic mass is 35.5. The molecule has 1 aromatic rings. The van der Waals surface area contributed by atoms with Gasteiger partial charge >= 0.3 is 5.97 Å². The summed E-state index contributed by atoms with van der Waals surface area (Å²) in [7, 11) is 0. The largest absolute Gasteiger partial charge is 0.481 e. The molecule has 0 saturated carbocycles. The topological polar surface area (TPSA) is 62.2 Å². The molecule has 0 fully saturated rings. The van der Waals surface area contributed by atoms with E-state index in [0.29, 0.717) is 11.4 Å². The number of hydrogen-bond donors (Lipinski definition) is 2. The minimum absolute atomic E-state index is 0.128. The highest BCUT2D eigenvalue weighted by Crippen LogP contribution is 2.25. The van der Waals surface area contributed by atoms with E-state index in [1.807, 2.05) is 13.8 Å². The van der Waals surface area contributed by atoms with Gasteiger partial charge < -0.3 is 10.4 Å². The van der Waals surface area contributed by atoms with Gasteiger partial charge in [0.25, 0.3) is 0 Å². The lowest BCUT2D eigenvalue weighted by Gasteiger charge is -2.27. The third-order valence-corrected chi connectivity index (χ3v) is 2.51. The SMILES string of the molecule is CC(C)(CCC(=O)O)Nc1ccncc1Cl. The average Bonchev–Trinajstić information content (AvgIpc) is 2.19. The first-order chi connectivity index (χ1) is 7.41. The van der Waals surface area contributed by atoms with E-state index in [0.717, 1.165) is 5.69 Å². The fourth-order valence-electron chi connectivity index (χ4n) is 1.32. The molecule has 4 nitrogen and oxygen atoms in total. The minimum Gasteiger partial charge on any atom is -0.481 e. The Morgan fingerprint density at radius 2 is 2.31 bits per heavy atom. The number of rotatable bonds is 5. The van der Waals surface area contributed by atoms with Crippen LogP contribution in [-0.4, -0.2) is 21.6 Å². The van der Waals surface area contributed by atoms with E-state index >= 15 is 0 Å². The average molecular weight is 243 g/mol. The highest BCUT2D eigenvalue weighted by Gasteiger charge is 2.19. The molecular formula is C11H15ClN2O2. The second-order valence-electron chi connectivity index (χ2n) is 4.26. The molecule has 88 valence electrons. The molecule has 1 rings (SSSR count). The molecule has 0 aromatic carbocycles. The van der Waals surface area contributed by atoms with E-state index in [2.05, 4.69) is 10.3 Å². The summed E-state index contributed by atoms with van der Waals surface area (Å²) in [4.78, 5) is 14.4. The zero-order valence-electron chi connectivity index (χ0n) is 9.33. The predicted octanol–water partition coefficient (Wildman–Crippen LogP) is 2.79. The first-order valence-corrected chi connectivity index (χ1v) is 5.38. The van der Waals surface area contributed by atoms with Gasteiger partial charge in [-0.3, -0.25) is 9.78 Å². The number of aliphatic carboxylic acids is 1. The minimum atomic E-state index is -0.796. The molecule has 0 spiro atoms. The van der Waals surface area contributed by atoms with Crippen LogP contribution in [0.15, 0.2) is 18.5 Å². The summed E-state index contributed by atoms with van der Waals surface area (Å²) in [6, 6.07) is 1.77. The number of pyridine rings is 1. The van der Waals surface area contributed by atoms with Gasteiger partial charge in [-0.15, -0.1) is 0 Å². The van der Waals surface area contributed by atoms with Gasteiger partial charge in [0.2, 0.25) is 0 Å². The third-order valence-electron chi connectivity index (χ3n) is 2.21. The summed E-state index contributed by atoms with van der Waals surface area (Å²) in [5.74, 6) is -0.796. The standard InChI is InChI=1S/C11H15ClN2O2/c1-11(2,5-3-10(15)16)14-9-4-6-13-7-8(9)12/h4,6-7H,3,5H2,1-2H3,(H,13,14)(H,15,16). The summed E-state index contributed by atoms with van der Waals surface area (Å²) >= 11 is 5.95. The van der Waals surface area contributed by atoms with Crippen LogP contribution >= 0.6 is 11.6 Å². The Labute approximate surface area is 99.6 Å². The van der Waals surface area contributed by atoms with Crippen molar-refractivity contribution in [2.75, 3.05) is 5.32 Å². The van der Waals surface area contributed by atoms with Crippen molar-refractivity contribution in [3.63, 3.8) is 0 Å². The maximum absolute atomic E-state index is 10.5. The zero-order valence-corrected chi connectivity index (χ0v) is 10.1. The van der Waals surface area contributed by atoms with E-state index in [9.17, 15) is 4.79 Å². The molecule has 0 aliphatic heterocycles. The first kappa shape index (κ1) is 12.8. The third kappa shape index (κ3) is 4.06. The lowest BCUT2D eigenvalue weighted by molar-refractivity contribution is -0.137. The summed E-state index contributed by atoms with van der Waals surface area (Å²) in [5, 5.41) is 12.4. The number of aromatic nitrogens is 1. The van der Waals surface area contributed by atoms with Crippen LogP contribution in [0.25, 0.3) is 0 Å². The Morgan fingerprint density at radius 1 is 1.62 bits per heavy atom. The number of nitrogens with zero attached hydrogens (tertiary/aromatic N) is 1. The van der Waals surface area contributed by atoms with Gasteiger partial charge in [-0.25, -0.2) is 0 Å². The van der Waals surface area contributed by atoms with Crippen molar-refractivity contribution < 1.29 is 9.90 Å². The number of carbonyl (C=O) groups is 1. The Bertz CT molecular complexity index is 380. The van der Waals surface area contributed by atoms with Crippen LogP contribution in [0.4, 0.5) is 5.69 Å². The van der Waals surface area contributed by atoms with Crippen LogP contribution in [0.2, 0.25) is 5.02 Å². The summed E-state index contributed by atoms with van der Waals surface area (Å²) in [5.41, 5.74) is 0.454. The van der Waals surface area contributed by atoms with Gasteiger partial charge in [0.1, 0.15) is 0 Å². The molecule has 16 heavy (non-hydrogen) atoms. The Hall–Kier alpha value is -1.29. The first-order valence-electron chi connectivity index (χ1n) is 5.00. The monoisotopic (exact) mass is 242 g/mol. The van der Waals surface area contributed by atoms with Gasteiger partial charge in [0, 0.05) is 24.4 Å². The fraction of sp³-hybridized carbons (Fsp3) is 0.455. The lowest BCUT2D eigenvalue weighted by atomic mass is 9.98. The van der Waals surface area contributed by atoms with Gasteiger partial charge in [-0.05, 0) is 26.3 Å². The molecule has 1 heterocycles. The van der Waals surface area contributed by atoms with Crippen molar-refractivity contribution in [2.24, 2.45) is 0 Å². The number of carboxylic acid groups (broad SMARTS) is 1. The second kappa shape index (κ2) is 5.16. The summed E-state index contributed by atoms with van der Waals surface area (Å²) < 4.78 is 0. The van der Waals surface area contributed by atoms with Crippen LogP contribution < -0.4 is 5.32 Å². The molecule has 0 aliphatic rings. The zero-order chi connectivity index (χ0) is 12.2. The smallest absolute Gasteiger partial charge is 0.303 e. The maximum atomic E-state index is 10.5. The molecule has 0 atom stereocenters. The quantitative estimate of drug-likeness (QED) is 0.834. The van der Waals surface area contributed by atoms with Gasteiger partial charge in [-0.1, -0.05) is 11.6 Å². The van der Waals surface area contributed by atoms with E-state index < -0.39 is 5.97 Å². The summed E-state index contributed by atoms with van der Waals surface area (Å²) in [6.45, 7) is 3.87. The highest BCUT2D eigenvalue weighted by molar-refractivity contribution is 6.33. The molecule has 0 saturated heterocycles. The van der Waals surface area contributed by atoms with Gasteiger partial charge in [0.15, 0.2) is 0 Å². The number of anilines is 1. The van der Waals surface area contributed by atoms with Crippen molar-refractivity contribution in [3.05, 3.63) is 23.5 Å². The Morgan fingerprint density at radius 3 is 2.88 bits per heavy atom. The molecular weight excluding hydrogens is 228 g/mol. The number of nitrogens with one attached hydrogen (secondary N) is 1. The van der Waals surface area contributed by atoms with Crippen molar-refractivity contribution in [3.8, 4) is 0 Å². The van der Waals surface area contributed by atoms with Crippen molar-refractivity contribution in [1.29, 1.82) is 0 Å². The van der Waals surface area contributed by atoms with Crippen LogP contribution in [0, 0.1) is 0 Å². The Balaban J connectivity index is 2.65. The molecule has 0 unspecified atom stereocenters. The van der Waals surface area contributed by atoms with Gasteiger partial charge in [0.05, 0.1) is 10.7 Å². The van der Waals surface area contributed by atoms with Crippen LogP contribution in [0.1, 0.15) is 26.7 Å². The van der Waals surface area contributed by atoms with Gasteiger partial charge in [-0.2, -0.15) is 0 Å². The van der Waals surface area contributed by atoms with E-state index in [1.54, 1.807) is 18.5 Å². The predicted molar refractivity (Wildman–Crippen MR) is 63.8 cm³/mol. The molecule has 0 aliphatic carbocycles. The van der Waals surface area contributed by atoms with E-state index in [-0.39, 0.29) is 12.0 Å².